The van der Waals surface area contributed by atoms with Gasteiger partial charge in [0.2, 0.25) is 0 Å². The number of carbonyl (C=O) groups is 1. The van der Waals surface area contributed by atoms with Crippen molar-refractivity contribution in [1.82, 2.24) is 15.1 Å². The molecule has 0 radical (unpaired) electrons. The minimum atomic E-state index is -0.0415. The quantitative estimate of drug-likeness (QED) is 0.929. The van der Waals surface area contributed by atoms with E-state index in [1.54, 1.807) is 0 Å². The highest BCUT2D eigenvalue weighted by Crippen LogP contribution is 2.19. The van der Waals surface area contributed by atoms with Gasteiger partial charge in [-0.15, -0.1) is 0 Å². The zero-order chi connectivity index (χ0) is 14.7. The van der Waals surface area contributed by atoms with E-state index in [4.69, 9.17) is 0 Å². The fourth-order valence-electron chi connectivity index (χ4n) is 2.35. The van der Waals surface area contributed by atoms with Crippen molar-refractivity contribution in [1.29, 1.82) is 0 Å². The molecule has 0 aliphatic heterocycles. The Morgan fingerprint density at radius 1 is 1.20 bits per heavy atom. The first-order chi connectivity index (χ1) is 9.58. The maximum atomic E-state index is 12.2. The number of aryl methyl sites for hydroxylation is 2. The molecule has 0 saturated heterocycles. The molecule has 1 amide bonds. The third kappa shape index (κ3) is 2.59. The first-order valence-corrected chi connectivity index (χ1v) is 7.02. The van der Waals surface area contributed by atoms with Crippen LogP contribution in [-0.2, 0) is 6.42 Å². The summed E-state index contributed by atoms with van der Waals surface area (Å²) in [5, 5.41) is 7.40. The van der Waals surface area contributed by atoms with Crippen LogP contribution in [0.25, 0.3) is 5.69 Å². The van der Waals surface area contributed by atoms with Crippen molar-refractivity contribution >= 4 is 5.91 Å². The Morgan fingerprint density at radius 2 is 1.85 bits per heavy atom. The number of hydrogen-bond acceptors (Lipinski definition) is 2. The second-order valence-electron chi connectivity index (χ2n) is 4.87. The highest BCUT2D eigenvalue weighted by atomic mass is 16.1. The summed E-state index contributed by atoms with van der Waals surface area (Å²) in [5.41, 5.74) is 4.63. The van der Waals surface area contributed by atoms with E-state index in [-0.39, 0.29) is 5.91 Å². The van der Waals surface area contributed by atoms with E-state index < -0.39 is 0 Å². The SMILES string of the molecule is CCNC(=O)c1c(C)nn(-c2ccc(C)cc2)c1CC. The van der Waals surface area contributed by atoms with Crippen molar-refractivity contribution in [2.75, 3.05) is 6.54 Å². The molecule has 1 heterocycles. The normalized spacial score (nSPS) is 10.6. The third-order valence-electron chi connectivity index (χ3n) is 3.33. The van der Waals surface area contributed by atoms with E-state index in [0.29, 0.717) is 12.1 Å². The van der Waals surface area contributed by atoms with Gasteiger partial charge < -0.3 is 5.32 Å². The van der Waals surface area contributed by atoms with Gasteiger partial charge in [0, 0.05) is 6.54 Å². The van der Waals surface area contributed by atoms with Gasteiger partial charge in [0.15, 0.2) is 0 Å². The molecule has 0 spiro atoms. The Hall–Kier alpha value is -2.10. The Morgan fingerprint density at radius 3 is 2.40 bits per heavy atom. The number of nitrogens with zero attached hydrogens (tertiary/aromatic N) is 2. The maximum absolute atomic E-state index is 12.2. The van der Waals surface area contributed by atoms with Crippen LogP contribution in [0.2, 0.25) is 0 Å². The van der Waals surface area contributed by atoms with Gasteiger partial charge in [0.1, 0.15) is 0 Å². The van der Waals surface area contributed by atoms with Gasteiger partial charge in [0.05, 0.1) is 22.6 Å². The van der Waals surface area contributed by atoms with Crippen molar-refractivity contribution in [3.63, 3.8) is 0 Å². The van der Waals surface area contributed by atoms with Crippen molar-refractivity contribution < 1.29 is 4.79 Å². The van der Waals surface area contributed by atoms with Gasteiger partial charge >= 0.3 is 0 Å². The molecule has 0 aliphatic carbocycles. The van der Waals surface area contributed by atoms with E-state index in [1.165, 1.54) is 5.56 Å². The van der Waals surface area contributed by atoms with Gasteiger partial charge in [-0.2, -0.15) is 5.10 Å². The predicted octanol–water partition coefficient (Wildman–Crippen LogP) is 2.80. The Kier molecular flexibility index (Phi) is 4.23. The lowest BCUT2D eigenvalue weighted by Gasteiger charge is -2.08. The highest BCUT2D eigenvalue weighted by molar-refractivity contribution is 5.96. The number of benzene rings is 1. The monoisotopic (exact) mass is 271 g/mol. The van der Waals surface area contributed by atoms with Crippen molar-refractivity contribution in [2.24, 2.45) is 0 Å². The molecule has 0 bridgehead atoms. The number of aromatic nitrogens is 2. The lowest BCUT2D eigenvalue weighted by Crippen LogP contribution is -2.24. The van der Waals surface area contributed by atoms with Crippen molar-refractivity contribution in [3.8, 4) is 5.69 Å². The van der Waals surface area contributed by atoms with Crippen molar-refractivity contribution in [3.05, 3.63) is 46.8 Å². The lowest BCUT2D eigenvalue weighted by molar-refractivity contribution is 0.0954. The number of amides is 1. The first kappa shape index (κ1) is 14.3. The molecular formula is C16H21N3O. The fraction of sp³-hybridized carbons (Fsp3) is 0.375. The average molecular weight is 271 g/mol. The second-order valence-corrected chi connectivity index (χ2v) is 4.87. The molecule has 0 atom stereocenters. The third-order valence-corrected chi connectivity index (χ3v) is 3.33. The number of carbonyl (C=O) groups excluding carboxylic acids is 1. The largest absolute Gasteiger partial charge is 0.352 e. The molecule has 1 aromatic carbocycles. The van der Waals surface area contributed by atoms with E-state index in [1.807, 2.05) is 37.6 Å². The maximum Gasteiger partial charge on any atom is 0.255 e. The van der Waals surface area contributed by atoms with Crippen LogP contribution < -0.4 is 5.32 Å². The van der Waals surface area contributed by atoms with Crippen LogP contribution >= 0.6 is 0 Å². The van der Waals surface area contributed by atoms with Crippen LogP contribution in [0, 0.1) is 13.8 Å². The molecule has 0 unspecified atom stereocenters. The highest BCUT2D eigenvalue weighted by Gasteiger charge is 2.20. The lowest BCUT2D eigenvalue weighted by atomic mass is 10.1. The molecule has 0 fully saturated rings. The summed E-state index contributed by atoms with van der Waals surface area (Å²) in [4.78, 5) is 12.2. The fourth-order valence-corrected chi connectivity index (χ4v) is 2.35. The van der Waals surface area contributed by atoms with E-state index in [0.717, 1.165) is 23.5 Å². The first-order valence-electron chi connectivity index (χ1n) is 7.02. The summed E-state index contributed by atoms with van der Waals surface area (Å²) in [6, 6.07) is 8.17. The van der Waals surface area contributed by atoms with Crippen LogP contribution in [-0.4, -0.2) is 22.2 Å². The minimum Gasteiger partial charge on any atom is -0.352 e. The molecule has 20 heavy (non-hydrogen) atoms. The number of rotatable bonds is 4. The van der Waals surface area contributed by atoms with Gasteiger partial charge in [-0.25, -0.2) is 4.68 Å². The Balaban J connectivity index is 2.52. The number of nitrogens with one attached hydrogen (secondary N) is 1. The van der Waals surface area contributed by atoms with E-state index in [9.17, 15) is 4.79 Å². The van der Waals surface area contributed by atoms with Gasteiger partial charge in [0.25, 0.3) is 5.91 Å². The van der Waals surface area contributed by atoms with E-state index in [2.05, 4.69) is 29.5 Å². The molecule has 2 aromatic rings. The summed E-state index contributed by atoms with van der Waals surface area (Å²) < 4.78 is 1.87. The topological polar surface area (TPSA) is 46.9 Å². The van der Waals surface area contributed by atoms with E-state index >= 15 is 0 Å². The van der Waals surface area contributed by atoms with Gasteiger partial charge in [-0.1, -0.05) is 24.6 Å². The molecule has 2 rings (SSSR count). The summed E-state index contributed by atoms with van der Waals surface area (Å²) in [6.07, 6.45) is 0.765. The predicted molar refractivity (Wildman–Crippen MR) is 80.4 cm³/mol. The molecule has 1 aromatic heterocycles. The second kappa shape index (κ2) is 5.90. The molecule has 0 saturated carbocycles. The summed E-state index contributed by atoms with van der Waals surface area (Å²) in [6.45, 7) is 8.53. The minimum absolute atomic E-state index is 0.0415. The summed E-state index contributed by atoms with van der Waals surface area (Å²) in [7, 11) is 0. The summed E-state index contributed by atoms with van der Waals surface area (Å²) in [5.74, 6) is -0.0415. The average Bonchev–Trinajstić information content (AvgIpc) is 2.76. The van der Waals surface area contributed by atoms with Crippen LogP contribution in [0.3, 0.4) is 0 Å². The zero-order valence-corrected chi connectivity index (χ0v) is 12.5. The van der Waals surface area contributed by atoms with Crippen LogP contribution in [0.1, 0.15) is 41.2 Å². The zero-order valence-electron chi connectivity index (χ0n) is 12.5. The standard InChI is InChI=1S/C16H21N3O/c1-5-14-15(16(20)17-6-2)12(4)18-19(14)13-9-7-11(3)8-10-13/h7-10H,5-6H2,1-4H3,(H,17,20). The Labute approximate surface area is 119 Å². The summed E-state index contributed by atoms with van der Waals surface area (Å²) >= 11 is 0. The van der Waals surface area contributed by atoms with Gasteiger partial charge in [-0.3, -0.25) is 4.79 Å². The van der Waals surface area contributed by atoms with Crippen LogP contribution in [0.15, 0.2) is 24.3 Å². The molecule has 106 valence electrons. The molecule has 4 heteroatoms. The molecular weight excluding hydrogens is 250 g/mol. The van der Waals surface area contributed by atoms with Gasteiger partial charge in [-0.05, 0) is 39.3 Å². The smallest absolute Gasteiger partial charge is 0.255 e. The number of hydrogen-bond donors (Lipinski definition) is 1. The van der Waals surface area contributed by atoms with Crippen LogP contribution in [0.4, 0.5) is 0 Å². The van der Waals surface area contributed by atoms with Crippen molar-refractivity contribution in [2.45, 2.75) is 34.1 Å². The van der Waals surface area contributed by atoms with Crippen LogP contribution in [0.5, 0.6) is 0 Å². The molecule has 0 aliphatic rings. The molecule has 4 nitrogen and oxygen atoms in total. The Bertz CT molecular complexity index is 611. The molecule has 1 N–H and O–H groups in total.